The van der Waals surface area contributed by atoms with Gasteiger partial charge in [-0.05, 0) is 36.6 Å². The van der Waals surface area contributed by atoms with Crippen LogP contribution in [0.15, 0.2) is 29.2 Å². The highest BCUT2D eigenvalue weighted by Gasteiger charge is 2.23. The van der Waals surface area contributed by atoms with Crippen molar-refractivity contribution in [1.29, 1.82) is 0 Å². The summed E-state index contributed by atoms with van der Waals surface area (Å²) in [6, 6.07) is 6.59. The zero-order valence-corrected chi connectivity index (χ0v) is 9.54. The van der Waals surface area contributed by atoms with E-state index in [1.165, 1.54) is 0 Å². The molecule has 0 radical (unpaired) electrons. The Hall–Kier alpha value is -0.870. The Bertz CT molecular complexity index is 363. The molecule has 3 nitrogen and oxygen atoms in total. The Kier molecular flexibility index (Phi) is 3.07. The second kappa shape index (κ2) is 4.33. The molecular formula is C11H15NO2S. The third-order valence-corrected chi connectivity index (χ3v) is 4.14. The molecule has 1 N–H and O–H groups in total. The molecule has 4 heteroatoms. The van der Waals surface area contributed by atoms with Gasteiger partial charge in [-0.15, -0.1) is 0 Å². The first kappa shape index (κ1) is 10.6. The van der Waals surface area contributed by atoms with Crippen molar-refractivity contribution in [2.75, 3.05) is 13.1 Å². The minimum atomic E-state index is -1.07. The number of benzene rings is 1. The predicted molar refractivity (Wildman–Crippen MR) is 59.9 cm³/mol. The second-order valence-electron chi connectivity index (χ2n) is 4.02. The molecule has 2 atom stereocenters. The molecule has 0 spiro atoms. The number of aromatic hydroxyl groups is 1. The zero-order chi connectivity index (χ0) is 10.8. The Labute approximate surface area is 92.3 Å². The van der Waals surface area contributed by atoms with Gasteiger partial charge < -0.3 is 5.11 Å². The molecule has 1 unspecified atom stereocenters. The Morgan fingerprint density at radius 1 is 1.40 bits per heavy atom. The van der Waals surface area contributed by atoms with Crippen molar-refractivity contribution in [2.45, 2.75) is 18.2 Å². The smallest absolute Gasteiger partial charge is 0.127 e. The topological polar surface area (TPSA) is 40.5 Å². The summed E-state index contributed by atoms with van der Waals surface area (Å²) < 4.78 is 14.0. The third-order valence-electron chi connectivity index (χ3n) is 2.66. The summed E-state index contributed by atoms with van der Waals surface area (Å²) in [5, 5.41) is 9.13. The minimum Gasteiger partial charge on any atom is -0.508 e. The lowest BCUT2D eigenvalue weighted by atomic mass is 10.2. The largest absolute Gasteiger partial charge is 0.508 e. The number of nitrogens with zero attached hydrogens (tertiary/aromatic N) is 1. The van der Waals surface area contributed by atoms with Crippen LogP contribution < -0.4 is 0 Å². The summed E-state index contributed by atoms with van der Waals surface area (Å²) in [4.78, 5) is 0.766. The molecule has 0 bridgehead atoms. The van der Waals surface area contributed by atoms with Crippen LogP contribution in [0.3, 0.4) is 0 Å². The zero-order valence-electron chi connectivity index (χ0n) is 8.72. The molecule has 1 aromatic rings. The molecule has 1 fully saturated rings. The van der Waals surface area contributed by atoms with Crippen LogP contribution in [0.1, 0.15) is 13.3 Å². The Morgan fingerprint density at radius 2 is 2.07 bits per heavy atom. The van der Waals surface area contributed by atoms with Gasteiger partial charge in [0.05, 0.1) is 4.90 Å². The maximum atomic E-state index is 12.1. The molecular weight excluding hydrogens is 210 g/mol. The highest BCUT2D eigenvalue weighted by molar-refractivity contribution is 7.82. The summed E-state index contributed by atoms with van der Waals surface area (Å²) in [6.45, 7) is 3.97. The number of rotatable bonds is 2. The van der Waals surface area contributed by atoms with Gasteiger partial charge in [0.2, 0.25) is 0 Å². The maximum Gasteiger partial charge on any atom is 0.127 e. The third kappa shape index (κ3) is 2.38. The Balaban J connectivity index is 2.11. The van der Waals surface area contributed by atoms with E-state index in [9.17, 15) is 4.21 Å². The van der Waals surface area contributed by atoms with Crippen molar-refractivity contribution in [3.05, 3.63) is 24.3 Å². The van der Waals surface area contributed by atoms with E-state index >= 15 is 0 Å². The highest BCUT2D eigenvalue weighted by Crippen LogP contribution is 2.21. The standard InChI is InChI=1S/C11H15NO2S/c1-9-6-7-12(8-9)15(14)11-4-2-10(13)3-5-11/h2-5,9,13H,6-8H2,1H3/t9-,15?/m0/s1. The molecule has 0 aliphatic carbocycles. The lowest BCUT2D eigenvalue weighted by Gasteiger charge is -2.14. The van der Waals surface area contributed by atoms with Gasteiger partial charge in [-0.25, -0.2) is 8.51 Å². The van der Waals surface area contributed by atoms with E-state index in [1.54, 1.807) is 24.3 Å². The summed E-state index contributed by atoms with van der Waals surface area (Å²) in [5.74, 6) is 0.844. The number of phenols is 1. The number of hydrogen-bond acceptors (Lipinski definition) is 2. The molecule has 82 valence electrons. The summed E-state index contributed by atoms with van der Waals surface area (Å²) in [7, 11) is -1.07. The number of phenolic OH excluding ortho intramolecular Hbond substituents is 1. The molecule has 0 aromatic heterocycles. The van der Waals surface area contributed by atoms with Crippen molar-refractivity contribution in [3.8, 4) is 5.75 Å². The van der Waals surface area contributed by atoms with Gasteiger partial charge in [0.1, 0.15) is 16.7 Å². The second-order valence-corrected chi connectivity index (χ2v) is 5.51. The van der Waals surface area contributed by atoms with E-state index in [4.69, 9.17) is 5.11 Å². The van der Waals surface area contributed by atoms with Crippen LogP contribution >= 0.6 is 0 Å². The first-order valence-electron chi connectivity index (χ1n) is 5.12. The van der Waals surface area contributed by atoms with Gasteiger partial charge in [-0.3, -0.25) is 0 Å². The molecule has 1 aliphatic heterocycles. The van der Waals surface area contributed by atoms with Crippen LogP contribution in [0.25, 0.3) is 0 Å². The fourth-order valence-corrected chi connectivity index (χ4v) is 3.08. The lowest BCUT2D eigenvalue weighted by Crippen LogP contribution is -2.23. The fourth-order valence-electron chi connectivity index (χ4n) is 1.76. The highest BCUT2D eigenvalue weighted by atomic mass is 32.2. The first-order valence-corrected chi connectivity index (χ1v) is 6.23. The predicted octanol–water partition coefficient (Wildman–Crippen LogP) is 1.76. The molecule has 1 aliphatic rings. The quantitative estimate of drug-likeness (QED) is 0.833. The lowest BCUT2D eigenvalue weighted by molar-refractivity contribution is 0.474. The van der Waals surface area contributed by atoms with E-state index in [0.717, 1.165) is 24.4 Å². The maximum absolute atomic E-state index is 12.1. The average Bonchev–Trinajstić information content (AvgIpc) is 2.65. The van der Waals surface area contributed by atoms with Crippen molar-refractivity contribution in [2.24, 2.45) is 5.92 Å². The SMILES string of the molecule is C[C@H]1CCN(S(=O)c2ccc(O)cc2)C1. The van der Waals surface area contributed by atoms with Gasteiger partial charge in [-0.1, -0.05) is 6.92 Å². The van der Waals surface area contributed by atoms with E-state index in [1.807, 2.05) is 4.31 Å². The first-order chi connectivity index (χ1) is 7.16. The normalized spacial score (nSPS) is 24.2. The van der Waals surface area contributed by atoms with Crippen LogP contribution in [0.5, 0.6) is 5.75 Å². The molecule has 1 saturated heterocycles. The molecule has 0 amide bonds. The van der Waals surface area contributed by atoms with Crippen LogP contribution in [0, 0.1) is 5.92 Å². The van der Waals surface area contributed by atoms with Crippen LogP contribution in [0.4, 0.5) is 0 Å². The van der Waals surface area contributed by atoms with Crippen molar-refractivity contribution in [1.82, 2.24) is 4.31 Å². The molecule has 1 heterocycles. The molecule has 15 heavy (non-hydrogen) atoms. The van der Waals surface area contributed by atoms with E-state index < -0.39 is 11.0 Å². The monoisotopic (exact) mass is 225 g/mol. The fraction of sp³-hybridized carbons (Fsp3) is 0.455. The summed E-state index contributed by atoms with van der Waals surface area (Å²) in [6.07, 6.45) is 1.11. The number of hydrogen-bond donors (Lipinski definition) is 1. The van der Waals surface area contributed by atoms with Gasteiger partial charge in [0.25, 0.3) is 0 Å². The van der Waals surface area contributed by atoms with Crippen LogP contribution in [-0.4, -0.2) is 26.7 Å². The summed E-state index contributed by atoms with van der Waals surface area (Å²) in [5.41, 5.74) is 0. The van der Waals surface area contributed by atoms with Gasteiger partial charge in [-0.2, -0.15) is 0 Å². The van der Waals surface area contributed by atoms with E-state index in [-0.39, 0.29) is 5.75 Å². The van der Waals surface area contributed by atoms with Crippen molar-refractivity contribution in [3.63, 3.8) is 0 Å². The van der Waals surface area contributed by atoms with Gasteiger partial charge in [0, 0.05) is 13.1 Å². The Morgan fingerprint density at radius 3 is 2.60 bits per heavy atom. The van der Waals surface area contributed by atoms with E-state index in [2.05, 4.69) is 6.92 Å². The van der Waals surface area contributed by atoms with E-state index in [0.29, 0.717) is 5.92 Å². The average molecular weight is 225 g/mol. The van der Waals surface area contributed by atoms with Gasteiger partial charge in [0.15, 0.2) is 0 Å². The van der Waals surface area contributed by atoms with Crippen LogP contribution in [0.2, 0.25) is 0 Å². The van der Waals surface area contributed by atoms with Gasteiger partial charge >= 0.3 is 0 Å². The van der Waals surface area contributed by atoms with Crippen LogP contribution in [-0.2, 0) is 11.0 Å². The molecule has 0 saturated carbocycles. The van der Waals surface area contributed by atoms with Crippen molar-refractivity contribution >= 4 is 11.0 Å². The molecule has 1 aromatic carbocycles. The summed E-state index contributed by atoms with van der Waals surface area (Å²) >= 11 is 0. The minimum absolute atomic E-state index is 0.213. The van der Waals surface area contributed by atoms with Crippen molar-refractivity contribution < 1.29 is 9.32 Å². The molecule has 2 rings (SSSR count).